The van der Waals surface area contributed by atoms with Crippen LogP contribution in [-0.4, -0.2) is 15.9 Å². The van der Waals surface area contributed by atoms with Crippen molar-refractivity contribution in [3.05, 3.63) is 104 Å². The molecule has 0 aliphatic heterocycles. The van der Waals surface area contributed by atoms with E-state index in [2.05, 4.69) is 22.2 Å². The number of pyridine rings is 1. The van der Waals surface area contributed by atoms with E-state index in [-0.39, 0.29) is 0 Å². The standard InChI is InChI=1S/C22H16Cl2N4S/c23-18-8-9-20(24)19(11-18)21-15-29-22(26-13-16-5-2-1-3-6-16)28(21)27-14-17-7-4-10-25-12-17/h1-12,14-15H,13H2. The first-order chi connectivity index (χ1) is 14.2. The fourth-order valence-electron chi connectivity index (χ4n) is 2.72. The van der Waals surface area contributed by atoms with Gasteiger partial charge in [-0.1, -0.05) is 59.6 Å². The number of aromatic nitrogens is 2. The Labute approximate surface area is 182 Å². The third-order valence-corrected chi connectivity index (χ3v) is 5.55. The molecule has 4 nitrogen and oxygen atoms in total. The minimum absolute atomic E-state index is 0.562. The van der Waals surface area contributed by atoms with E-state index in [1.54, 1.807) is 35.4 Å². The van der Waals surface area contributed by atoms with Gasteiger partial charge in [-0.3, -0.25) is 9.98 Å². The maximum absolute atomic E-state index is 6.44. The summed E-state index contributed by atoms with van der Waals surface area (Å²) in [6, 6.07) is 19.3. The molecule has 2 aromatic heterocycles. The molecular weight excluding hydrogens is 423 g/mol. The highest BCUT2D eigenvalue weighted by atomic mass is 35.5. The van der Waals surface area contributed by atoms with E-state index in [9.17, 15) is 0 Å². The molecule has 0 radical (unpaired) electrons. The predicted molar refractivity (Wildman–Crippen MR) is 121 cm³/mol. The number of rotatable bonds is 5. The van der Waals surface area contributed by atoms with Crippen molar-refractivity contribution in [2.45, 2.75) is 6.54 Å². The van der Waals surface area contributed by atoms with Crippen molar-refractivity contribution in [3.63, 3.8) is 0 Å². The molecule has 7 heteroatoms. The number of hydrogen-bond acceptors (Lipinski definition) is 4. The minimum atomic E-state index is 0.562. The van der Waals surface area contributed by atoms with Crippen molar-refractivity contribution in [1.29, 1.82) is 0 Å². The fraction of sp³-hybridized carbons (Fsp3) is 0.0455. The highest BCUT2D eigenvalue weighted by molar-refractivity contribution is 7.07. The van der Waals surface area contributed by atoms with Gasteiger partial charge in [-0.2, -0.15) is 5.10 Å². The van der Waals surface area contributed by atoms with Gasteiger partial charge < -0.3 is 0 Å². The first kappa shape index (κ1) is 19.6. The lowest BCUT2D eigenvalue weighted by Crippen LogP contribution is -2.12. The zero-order valence-electron chi connectivity index (χ0n) is 15.2. The zero-order valence-corrected chi connectivity index (χ0v) is 17.6. The Morgan fingerprint density at radius 1 is 1.03 bits per heavy atom. The largest absolute Gasteiger partial charge is 0.264 e. The summed E-state index contributed by atoms with van der Waals surface area (Å²) in [7, 11) is 0. The Morgan fingerprint density at radius 3 is 2.69 bits per heavy atom. The molecule has 0 saturated heterocycles. The average molecular weight is 439 g/mol. The second kappa shape index (κ2) is 9.18. The molecule has 29 heavy (non-hydrogen) atoms. The van der Waals surface area contributed by atoms with E-state index < -0.39 is 0 Å². The molecule has 2 heterocycles. The normalized spacial score (nSPS) is 12.0. The first-order valence-electron chi connectivity index (χ1n) is 8.85. The SMILES string of the molecule is Clc1ccc(Cl)c(-c2csc(=NCc3ccccc3)n2N=Cc2cccnc2)c1. The number of hydrogen-bond donors (Lipinski definition) is 0. The molecule has 4 aromatic rings. The molecule has 0 unspecified atom stereocenters. The van der Waals surface area contributed by atoms with Crippen LogP contribution in [0.5, 0.6) is 0 Å². The van der Waals surface area contributed by atoms with Gasteiger partial charge in [-0.15, -0.1) is 11.3 Å². The van der Waals surface area contributed by atoms with Crippen molar-refractivity contribution in [2.75, 3.05) is 0 Å². The Kier molecular flexibility index (Phi) is 6.20. The quantitative estimate of drug-likeness (QED) is 0.357. The fourth-order valence-corrected chi connectivity index (χ4v) is 3.93. The van der Waals surface area contributed by atoms with Gasteiger partial charge in [0.15, 0.2) is 0 Å². The second-order valence-electron chi connectivity index (χ2n) is 6.17. The Balaban J connectivity index is 1.80. The number of halogens is 2. The Bertz CT molecular complexity index is 1200. The van der Waals surface area contributed by atoms with Gasteiger partial charge in [0, 0.05) is 33.9 Å². The molecule has 0 atom stereocenters. The zero-order chi connectivity index (χ0) is 20.1. The van der Waals surface area contributed by atoms with E-state index in [1.165, 1.54) is 11.3 Å². The molecule has 0 amide bonds. The van der Waals surface area contributed by atoms with Crippen molar-refractivity contribution in [1.82, 2.24) is 9.66 Å². The van der Waals surface area contributed by atoms with Crippen molar-refractivity contribution >= 4 is 40.8 Å². The minimum Gasteiger partial charge on any atom is -0.264 e. The smallest absolute Gasteiger partial charge is 0.206 e. The van der Waals surface area contributed by atoms with Gasteiger partial charge in [0.1, 0.15) is 0 Å². The van der Waals surface area contributed by atoms with Crippen LogP contribution in [0, 0.1) is 0 Å². The summed E-state index contributed by atoms with van der Waals surface area (Å²) in [5.74, 6) is 0. The van der Waals surface area contributed by atoms with Crippen LogP contribution < -0.4 is 4.80 Å². The molecule has 0 fully saturated rings. The summed E-state index contributed by atoms with van der Waals surface area (Å²) in [6.45, 7) is 0.562. The topological polar surface area (TPSA) is 42.5 Å². The lowest BCUT2D eigenvalue weighted by molar-refractivity contribution is 0.824. The van der Waals surface area contributed by atoms with E-state index in [0.29, 0.717) is 16.6 Å². The van der Waals surface area contributed by atoms with E-state index >= 15 is 0 Å². The molecule has 0 aliphatic carbocycles. The van der Waals surface area contributed by atoms with Crippen molar-refractivity contribution in [3.8, 4) is 11.3 Å². The monoisotopic (exact) mass is 438 g/mol. The molecule has 0 saturated carbocycles. The highest BCUT2D eigenvalue weighted by Crippen LogP contribution is 2.31. The lowest BCUT2D eigenvalue weighted by Gasteiger charge is -2.06. The molecule has 0 bridgehead atoms. The molecule has 4 rings (SSSR count). The Hall–Kier alpha value is -2.73. The maximum atomic E-state index is 6.44. The second-order valence-corrected chi connectivity index (χ2v) is 7.85. The molecular formula is C22H16Cl2N4S. The average Bonchev–Trinajstić information content (AvgIpc) is 3.16. The van der Waals surface area contributed by atoms with Gasteiger partial charge in [-0.05, 0) is 29.8 Å². The Morgan fingerprint density at radius 2 is 1.90 bits per heavy atom. The number of thiazole rings is 1. The summed E-state index contributed by atoms with van der Waals surface area (Å²) in [6.07, 6.45) is 5.24. The summed E-state index contributed by atoms with van der Waals surface area (Å²) >= 11 is 14.2. The van der Waals surface area contributed by atoms with E-state index in [4.69, 9.17) is 28.2 Å². The van der Waals surface area contributed by atoms with Crippen molar-refractivity contribution < 1.29 is 0 Å². The van der Waals surface area contributed by atoms with E-state index in [0.717, 1.165) is 27.2 Å². The van der Waals surface area contributed by atoms with Crippen LogP contribution in [0.1, 0.15) is 11.1 Å². The predicted octanol–water partition coefficient (Wildman–Crippen LogP) is 5.90. The van der Waals surface area contributed by atoms with Gasteiger partial charge in [-0.25, -0.2) is 4.68 Å². The van der Waals surface area contributed by atoms with Gasteiger partial charge in [0.05, 0.1) is 23.5 Å². The molecule has 144 valence electrons. The molecule has 0 aliphatic rings. The van der Waals surface area contributed by atoms with Crippen LogP contribution in [-0.2, 0) is 6.54 Å². The number of benzene rings is 2. The molecule has 0 spiro atoms. The third kappa shape index (κ3) is 4.82. The van der Waals surface area contributed by atoms with Crippen LogP contribution in [0.25, 0.3) is 11.3 Å². The molecule has 0 N–H and O–H groups in total. The number of nitrogens with zero attached hydrogens (tertiary/aromatic N) is 4. The van der Waals surface area contributed by atoms with Crippen LogP contribution in [0.3, 0.4) is 0 Å². The van der Waals surface area contributed by atoms with Gasteiger partial charge in [0.25, 0.3) is 0 Å². The third-order valence-electron chi connectivity index (χ3n) is 4.14. The van der Waals surface area contributed by atoms with Crippen LogP contribution in [0.15, 0.2) is 88.5 Å². The van der Waals surface area contributed by atoms with Crippen LogP contribution in [0.4, 0.5) is 0 Å². The van der Waals surface area contributed by atoms with Crippen LogP contribution in [0.2, 0.25) is 10.0 Å². The first-order valence-corrected chi connectivity index (χ1v) is 10.5. The summed E-state index contributed by atoms with van der Waals surface area (Å²) < 4.78 is 1.79. The summed E-state index contributed by atoms with van der Waals surface area (Å²) in [5, 5.41) is 7.87. The van der Waals surface area contributed by atoms with Crippen molar-refractivity contribution in [2.24, 2.45) is 10.1 Å². The molecule has 2 aromatic carbocycles. The van der Waals surface area contributed by atoms with Gasteiger partial charge in [0.2, 0.25) is 4.80 Å². The summed E-state index contributed by atoms with van der Waals surface area (Å²) in [4.78, 5) is 9.66. The highest BCUT2D eigenvalue weighted by Gasteiger charge is 2.12. The maximum Gasteiger partial charge on any atom is 0.206 e. The van der Waals surface area contributed by atoms with E-state index in [1.807, 2.05) is 41.8 Å². The van der Waals surface area contributed by atoms with Crippen LogP contribution >= 0.6 is 34.5 Å². The van der Waals surface area contributed by atoms with Gasteiger partial charge >= 0.3 is 0 Å². The lowest BCUT2D eigenvalue weighted by atomic mass is 10.2. The summed E-state index contributed by atoms with van der Waals surface area (Å²) in [5.41, 5.74) is 3.66.